The van der Waals surface area contributed by atoms with Gasteiger partial charge in [0, 0.05) is 5.56 Å². The standard InChI is InChI=1S/C22H21NO3/c1-22(2,3)26-21(25)23(17-12-5-4-6-13-17)20(24)19-15-9-11-16-10-7-8-14-18(16)19/h4-15H,1-3H3. The lowest BCUT2D eigenvalue weighted by Gasteiger charge is -2.26. The summed E-state index contributed by atoms with van der Waals surface area (Å²) in [4.78, 5) is 27.2. The average molecular weight is 347 g/mol. The van der Waals surface area contributed by atoms with Crippen molar-refractivity contribution < 1.29 is 14.3 Å². The average Bonchev–Trinajstić information content (AvgIpc) is 2.60. The van der Waals surface area contributed by atoms with E-state index in [1.165, 1.54) is 0 Å². The van der Waals surface area contributed by atoms with Crippen LogP contribution in [0.5, 0.6) is 0 Å². The van der Waals surface area contributed by atoms with Crippen LogP contribution in [-0.2, 0) is 4.74 Å². The molecule has 0 aromatic heterocycles. The van der Waals surface area contributed by atoms with Gasteiger partial charge in [0.15, 0.2) is 0 Å². The van der Waals surface area contributed by atoms with Gasteiger partial charge in [-0.2, -0.15) is 0 Å². The number of hydrogen-bond donors (Lipinski definition) is 0. The van der Waals surface area contributed by atoms with E-state index in [4.69, 9.17) is 4.74 Å². The Labute approximate surface area is 153 Å². The van der Waals surface area contributed by atoms with Gasteiger partial charge >= 0.3 is 6.09 Å². The number of para-hydroxylation sites is 1. The number of fused-ring (bicyclic) bond motifs is 1. The number of carbonyl (C=O) groups excluding carboxylic acids is 2. The molecule has 3 aromatic carbocycles. The summed E-state index contributed by atoms with van der Waals surface area (Å²) in [6.45, 7) is 5.32. The highest BCUT2D eigenvalue weighted by molar-refractivity contribution is 6.23. The first kappa shape index (κ1) is 17.7. The Morgan fingerprint density at radius 3 is 2.12 bits per heavy atom. The number of benzene rings is 3. The van der Waals surface area contributed by atoms with Gasteiger partial charge in [-0.3, -0.25) is 4.79 Å². The number of amides is 2. The fourth-order valence-corrected chi connectivity index (χ4v) is 2.72. The van der Waals surface area contributed by atoms with Gasteiger partial charge in [-0.15, -0.1) is 0 Å². The van der Waals surface area contributed by atoms with E-state index >= 15 is 0 Å². The van der Waals surface area contributed by atoms with E-state index in [1.54, 1.807) is 51.1 Å². The molecule has 0 spiro atoms. The molecule has 0 aliphatic rings. The maximum atomic E-state index is 13.3. The highest BCUT2D eigenvalue weighted by Crippen LogP contribution is 2.25. The maximum absolute atomic E-state index is 13.3. The van der Waals surface area contributed by atoms with Crippen LogP contribution in [0.25, 0.3) is 10.8 Å². The lowest BCUT2D eigenvalue weighted by atomic mass is 10.0. The molecule has 26 heavy (non-hydrogen) atoms. The van der Waals surface area contributed by atoms with Crippen molar-refractivity contribution in [3.8, 4) is 0 Å². The Bertz CT molecular complexity index is 937. The van der Waals surface area contributed by atoms with E-state index in [9.17, 15) is 9.59 Å². The van der Waals surface area contributed by atoms with Crippen molar-refractivity contribution in [1.29, 1.82) is 0 Å². The fraction of sp³-hybridized carbons (Fsp3) is 0.182. The number of hydrogen-bond acceptors (Lipinski definition) is 3. The summed E-state index contributed by atoms with van der Waals surface area (Å²) in [5, 5.41) is 1.74. The van der Waals surface area contributed by atoms with E-state index in [0.29, 0.717) is 11.3 Å². The van der Waals surface area contributed by atoms with E-state index in [0.717, 1.165) is 15.7 Å². The summed E-state index contributed by atoms with van der Waals surface area (Å²) in [6, 6.07) is 21.9. The van der Waals surface area contributed by atoms with Crippen molar-refractivity contribution in [2.24, 2.45) is 0 Å². The Kier molecular flexibility index (Phi) is 4.76. The van der Waals surface area contributed by atoms with Crippen LogP contribution >= 0.6 is 0 Å². The molecule has 4 heteroatoms. The number of ether oxygens (including phenoxy) is 1. The zero-order chi connectivity index (χ0) is 18.7. The molecule has 4 nitrogen and oxygen atoms in total. The third-order valence-corrected chi connectivity index (χ3v) is 3.81. The van der Waals surface area contributed by atoms with Crippen LogP contribution in [0.3, 0.4) is 0 Å². The van der Waals surface area contributed by atoms with Crippen molar-refractivity contribution in [3.05, 3.63) is 78.4 Å². The van der Waals surface area contributed by atoms with E-state index in [-0.39, 0.29) is 0 Å². The van der Waals surface area contributed by atoms with E-state index in [2.05, 4.69) is 0 Å². The summed E-state index contributed by atoms with van der Waals surface area (Å²) >= 11 is 0. The predicted molar refractivity (Wildman–Crippen MR) is 103 cm³/mol. The van der Waals surface area contributed by atoms with Gasteiger partial charge in [0.05, 0.1) is 5.69 Å². The van der Waals surface area contributed by atoms with Crippen LogP contribution in [-0.4, -0.2) is 17.6 Å². The number of anilines is 1. The van der Waals surface area contributed by atoms with Crippen molar-refractivity contribution in [2.75, 3.05) is 4.90 Å². The second kappa shape index (κ2) is 7.00. The summed E-state index contributed by atoms with van der Waals surface area (Å²) in [6.07, 6.45) is -0.693. The molecule has 0 saturated heterocycles. The van der Waals surface area contributed by atoms with Crippen LogP contribution in [0, 0.1) is 0 Å². The first-order chi connectivity index (χ1) is 12.4. The Morgan fingerprint density at radius 1 is 0.808 bits per heavy atom. The van der Waals surface area contributed by atoms with Gasteiger partial charge in [0.2, 0.25) is 0 Å². The highest BCUT2D eigenvalue weighted by atomic mass is 16.6. The monoisotopic (exact) mass is 347 g/mol. The lowest BCUT2D eigenvalue weighted by molar-refractivity contribution is 0.0564. The molecule has 132 valence electrons. The van der Waals surface area contributed by atoms with Gasteiger partial charge in [0.25, 0.3) is 5.91 Å². The molecule has 0 aliphatic carbocycles. The molecular formula is C22H21NO3. The molecule has 0 saturated carbocycles. The minimum absolute atomic E-state index is 0.415. The number of nitrogens with zero attached hydrogens (tertiary/aromatic N) is 1. The molecule has 0 unspecified atom stereocenters. The maximum Gasteiger partial charge on any atom is 0.422 e. The third-order valence-electron chi connectivity index (χ3n) is 3.81. The van der Waals surface area contributed by atoms with Crippen LogP contribution in [0.4, 0.5) is 10.5 Å². The smallest absolute Gasteiger partial charge is 0.422 e. The summed E-state index contributed by atoms with van der Waals surface area (Å²) in [5.74, 6) is -0.415. The Balaban J connectivity index is 2.09. The van der Waals surface area contributed by atoms with E-state index in [1.807, 2.05) is 42.5 Å². The van der Waals surface area contributed by atoms with Gasteiger partial charge in [-0.1, -0.05) is 54.6 Å². The molecule has 3 rings (SSSR count). The van der Waals surface area contributed by atoms with Crippen LogP contribution in [0.1, 0.15) is 31.1 Å². The largest absolute Gasteiger partial charge is 0.443 e. The Morgan fingerprint density at radius 2 is 1.42 bits per heavy atom. The minimum atomic E-state index is -0.705. The molecule has 0 N–H and O–H groups in total. The summed E-state index contributed by atoms with van der Waals surface area (Å²) in [7, 11) is 0. The van der Waals surface area contributed by atoms with Gasteiger partial charge in [-0.05, 0) is 49.7 Å². The molecule has 0 fully saturated rings. The quantitative estimate of drug-likeness (QED) is 0.622. The second-order valence-electron chi connectivity index (χ2n) is 6.98. The first-order valence-corrected chi connectivity index (χ1v) is 8.47. The highest BCUT2D eigenvalue weighted by Gasteiger charge is 2.30. The SMILES string of the molecule is CC(C)(C)OC(=O)N(C(=O)c1cccc2ccccc12)c1ccccc1. The number of carbonyl (C=O) groups is 2. The summed E-state index contributed by atoms with van der Waals surface area (Å²) < 4.78 is 5.48. The zero-order valence-electron chi connectivity index (χ0n) is 15.1. The molecule has 2 amide bonds. The van der Waals surface area contributed by atoms with Crippen molar-refractivity contribution >= 4 is 28.5 Å². The van der Waals surface area contributed by atoms with Crippen LogP contribution in [0.15, 0.2) is 72.8 Å². The van der Waals surface area contributed by atoms with Crippen LogP contribution < -0.4 is 4.90 Å². The molecule has 0 heterocycles. The summed E-state index contributed by atoms with van der Waals surface area (Å²) in [5.41, 5.74) is 0.223. The lowest BCUT2D eigenvalue weighted by Crippen LogP contribution is -2.41. The zero-order valence-corrected chi connectivity index (χ0v) is 15.1. The van der Waals surface area contributed by atoms with Crippen molar-refractivity contribution in [1.82, 2.24) is 0 Å². The molecule has 0 bridgehead atoms. The molecule has 0 atom stereocenters. The van der Waals surface area contributed by atoms with Gasteiger partial charge in [0.1, 0.15) is 5.60 Å². The number of rotatable bonds is 2. The molecule has 0 aliphatic heterocycles. The van der Waals surface area contributed by atoms with E-state index < -0.39 is 17.6 Å². The van der Waals surface area contributed by atoms with Crippen molar-refractivity contribution in [2.45, 2.75) is 26.4 Å². The normalized spacial score (nSPS) is 11.2. The molecule has 0 radical (unpaired) electrons. The van der Waals surface area contributed by atoms with Gasteiger partial charge < -0.3 is 4.74 Å². The molecular weight excluding hydrogens is 326 g/mol. The van der Waals surface area contributed by atoms with Gasteiger partial charge in [-0.25, -0.2) is 9.69 Å². The van der Waals surface area contributed by atoms with Crippen molar-refractivity contribution in [3.63, 3.8) is 0 Å². The topological polar surface area (TPSA) is 46.6 Å². The second-order valence-corrected chi connectivity index (χ2v) is 6.98. The molecule has 3 aromatic rings. The van der Waals surface area contributed by atoms with Crippen LogP contribution in [0.2, 0.25) is 0 Å². The first-order valence-electron chi connectivity index (χ1n) is 8.47. The minimum Gasteiger partial charge on any atom is -0.443 e. The third kappa shape index (κ3) is 3.75. The Hall–Kier alpha value is -3.14. The number of imide groups is 1. The predicted octanol–water partition coefficient (Wildman–Crippen LogP) is 5.42. The fourth-order valence-electron chi connectivity index (χ4n) is 2.72.